The highest BCUT2D eigenvalue weighted by Crippen LogP contribution is 2.34. The van der Waals surface area contributed by atoms with E-state index in [0.29, 0.717) is 23.7 Å². The SMILES string of the molecule is CCCCCCCCCNC(=O)C(=O)Nc1ccc2c(c1)OCO2. The van der Waals surface area contributed by atoms with E-state index in [2.05, 4.69) is 17.6 Å². The number of nitrogens with one attached hydrogen (secondary N) is 2. The van der Waals surface area contributed by atoms with Crippen LogP contribution < -0.4 is 20.1 Å². The van der Waals surface area contributed by atoms with E-state index in [1.54, 1.807) is 18.2 Å². The van der Waals surface area contributed by atoms with E-state index >= 15 is 0 Å². The first-order valence-electron chi connectivity index (χ1n) is 8.69. The molecule has 1 aromatic carbocycles. The summed E-state index contributed by atoms with van der Waals surface area (Å²) in [6.07, 6.45) is 8.21. The molecule has 2 amide bonds. The molecule has 1 heterocycles. The topological polar surface area (TPSA) is 76.7 Å². The zero-order valence-corrected chi connectivity index (χ0v) is 14.2. The Balaban J connectivity index is 1.61. The molecule has 0 spiro atoms. The normalized spacial score (nSPS) is 12.0. The molecule has 0 atom stereocenters. The number of carbonyl (C=O) groups is 2. The second kappa shape index (κ2) is 9.80. The molecule has 1 aliphatic heterocycles. The number of fused-ring (bicyclic) bond motifs is 1. The van der Waals surface area contributed by atoms with E-state index in [0.717, 1.165) is 12.8 Å². The minimum absolute atomic E-state index is 0.172. The zero-order valence-electron chi connectivity index (χ0n) is 14.2. The van der Waals surface area contributed by atoms with Crippen LogP contribution in [0.3, 0.4) is 0 Å². The Morgan fingerprint density at radius 3 is 2.46 bits per heavy atom. The molecule has 0 saturated heterocycles. The predicted molar refractivity (Wildman–Crippen MR) is 92.2 cm³/mol. The molecular weight excluding hydrogens is 308 g/mol. The first-order valence-corrected chi connectivity index (χ1v) is 8.69. The minimum atomic E-state index is -0.670. The van der Waals surface area contributed by atoms with Gasteiger partial charge in [0.1, 0.15) is 0 Å². The average Bonchev–Trinajstić information content (AvgIpc) is 3.04. The molecule has 0 saturated carbocycles. The van der Waals surface area contributed by atoms with Crippen LogP contribution in [0.5, 0.6) is 11.5 Å². The van der Waals surface area contributed by atoms with Crippen molar-refractivity contribution in [2.75, 3.05) is 18.7 Å². The van der Waals surface area contributed by atoms with Crippen molar-refractivity contribution in [3.8, 4) is 11.5 Å². The van der Waals surface area contributed by atoms with Gasteiger partial charge in [-0.15, -0.1) is 0 Å². The third-order valence-corrected chi connectivity index (χ3v) is 3.90. The van der Waals surface area contributed by atoms with E-state index < -0.39 is 11.8 Å². The number of anilines is 1. The van der Waals surface area contributed by atoms with Gasteiger partial charge in [-0.05, 0) is 18.6 Å². The molecular formula is C18H26N2O4. The molecule has 2 N–H and O–H groups in total. The van der Waals surface area contributed by atoms with Gasteiger partial charge >= 0.3 is 11.8 Å². The highest BCUT2D eigenvalue weighted by atomic mass is 16.7. The van der Waals surface area contributed by atoms with Crippen molar-refractivity contribution in [1.29, 1.82) is 0 Å². The molecule has 1 aromatic rings. The van der Waals surface area contributed by atoms with Crippen molar-refractivity contribution in [3.63, 3.8) is 0 Å². The minimum Gasteiger partial charge on any atom is -0.454 e. The Kier molecular flexibility index (Phi) is 7.39. The van der Waals surface area contributed by atoms with Gasteiger partial charge in [-0.25, -0.2) is 0 Å². The van der Waals surface area contributed by atoms with Crippen LogP contribution in [0, 0.1) is 0 Å². The van der Waals surface area contributed by atoms with E-state index in [4.69, 9.17) is 9.47 Å². The average molecular weight is 334 g/mol. The first-order chi connectivity index (χ1) is 11.7. The second-order valence-electron chi connectivity index (χ2n) is 5.90. The Hall–Kier alpha value is -2.24. The number of unbranched alkanes of at least 4 members (excludes halogenated alkanes) is 6. The largest absolute Gasteiger partial charge is 0.454 e. The molecule has 1 aliphatic rings. The smallest absolute Gasteiger partial charge is 0.313 e. The van der Waals surface area contributed by atoms with Crippen LogP contribution in [-0.4, -0.2) is 25.2 Å². The standard InChI is InChI=1S/C18H26N2O4/c1-2-3-4-5-6-7-8-11-19-17(21)18(22)20-14-9-10-15-16(12-14)24-13-23-15/h9-10,12H,2-8,11,13H2,1H3,(H,19,21)(H,20,22). The van der Waals surface area contributed by atoms with Crippen molar-refractivity contribution >= 4 is 17.5 Å². The van der Waals surface area contributed by atoms with Crippen molar-refractivity contribution in [3.05, 3.63) is 18.2 Å². The maximum atomic E-state index is 11.9. The number of ether oxygens (including phenoxy) is 2. The fourth-order valence-corrected chi connectivity index (χ4v) is 2.53. The number of carbonyl (C=O) groups excluding carboxylic acids is 2. The summed E-state index contributed by atoms with van der Waals surface area (Å²) in [5.74, 6) is -0.0804. The molecule has 2 rings (SSSR count). The maximum absolute atomic E-state index is 11.9. The molecule has 0 unspecified atom stereocenters. The van der Waals surface area contributed by atoms with Crippen molar-refractivity contribution in [2.24, 2.45) is 0 Å². The highest BCUT2D eigenvalue weighted by Gasteiger charge is 2.17. The van der Waals surface area contributed by atoms with Crippen LogP contribution in [0.25, 0.3) is 0 Å². The number of hydrogen-bond acceptors (Lipinski definition) is 4. The molecule has 0 fully saturated rings. The summed E-state index contributed by atoms with van der Waals surface area (Å²) in [5, 5.41) is 5.21. The lowest BCUT2D eigenvalue weighted by atomic mass is 10.1. The van der Waals surface area contributed by atoms with E-state index in [-0.39, 0.29) is 6.79 Å². The highest BCUT2D eigenvalue weighted by molar-refractivity contribution is 6.39. The molecule has 24 heavy (non-hydrogen) atoms. The number of benzene rings is 1. The lowest BCUT2D eigenvalue weighted by Gasteiger charge is -2.07. The summed E-state index contributed by atoms with van der Waals surface area (Å²) in [7, 11) is 0. The van der Waals surface area contributed by atoms with Gasteiger partial charge in [0, 0.05) is 18.3 Å². The van der Waals surface area contributed by atoms with Gasteiger partial charge in [0.2, 0.25) is 6.79 Å². The van der Waals surface area contributed by atoms with E-state index in [9.17, 15) is 9.59 Å². The monoisotopic (exact) mass is 334 g/mol. The summed E-state index contributed by atoms with van der Waals surface area (Å²) in [6.45, 7) is 2.90. The quantitative estimate of drug-likeness (QED) is 0.537. The van der Waals surface area contributed by atoms with Crippen LogP contribution >= 0.6 is 0 Å². The summed E-state index contributed by atoms with van der Waals surface area (Å²) < 4.78 is 10.4. The number of amides is 2. The maximum Gasteiger partial charge on any atom is 0.313 e. The fraction of sp³-hybridized carbons (Fsp3) is 0.556. The Labute approximate surface area is 142 Å². The number of rotatable bonds is 9. The van der Waals surface area contributed by atoms with Crippen molar-refractivity contribution in [1.82, 2.24) is 5.32 Å². The van der Waals surface area contributed by atoms with Crippen molar-refractivity contribution < 1.29 is 19.1 Å². The lowest BCUT2D eigenvalue weighted by molar-refractivity contribution is -0.136. The molecule has 0 aliphatic carbocycles. The molecule has 132 valence electrons. The Morgan fingerprint density at radius 2 is 1.67 bits per heavy atom. The molecule has 6 nitrogen and oxygen atoms in total. The Morgan fingerprint density at radius 1 is 0.958 bits per heavy atom. The Bertz CT molecular complexity index is 560. The fourth-order valence-electron chi connectivity index (χ4n) is 2.53. The van der Waals surface area contributed by atoms with Crippen LogP contribution in [0.2, 0.25) is 0 Å². The molecule has 6 heteroatoms. The summed E-state index contributed by atoms with van der Waals surface area (Å²) in [4.78, 5) is 23.6. The molecule has 0 aromatic heterocycles. The van der Waals surface area contributed by atoms with Crippen LogP contribution in [0.15, 0.2) is 18.2 Å². The lowest BCUT2D eigenvalue weighted by Crippen LogP contribution is -2.35. The van der Waals surface area contributed by atoms with Gasteiger partial charge in [-0.1, -0.05) is 45.4 Å². The summed E-state index contributed by atoms with van der Waals surface area (Å²) >= 11 is 0. The van der Waals surface area contributed by atoms with Gasteiger partial charge < -0.3 is 20.1 Å². The predicted octanol–water partition coefficient (Wildman–Crippen LogP) is 3.22. The van der Waals surface area contributed by atoms with Gasteiger partial charge in [0.05, 0.1) is 0 Å². The van der Waals surface area contributed by atoms with Gasteiger partial charge in [-0.2, -0.15) is 0 Å². The van der Waals surface area contributed by atoms with Gasteiger partial charge in [0.25, 0.3) is 0 Å². The van der Waals surface area contributed by atoms with E-state index in [1.807, 2.05) is 0 Å². The van der Waals surface area contributed by atoms with Gasteiger partial charge in [-0.3, -0.25) is 9.59 Å². The summed E-state index contributed by atoms with van der Waals surface area (Å²) in [5.41, 5.74) is 0.510. The third-order valence-electron chi connectivity index (χ3n) is 3.90. The van der Waals surface area contributed by atoms with Crippen molar-refractivity contribution in [2.45, 2.75) is 51.9 Å². The molecule has 0 radical (unpaired) electrons. The molecule has 0 bridgehead atoms. The van der Waals surface area contributed by atoms with E-state index in [1.165, 1.54) is 32.1 Å². The first kappa shape index (κ1) is 18.1. The second-order valence-corrected chi connectivity index (χ2v) is 5.90. The van der Waals surface area contributed by atoms with Crippen LogP contribution in [0.1, 0.15) is 51.9 Å². The van der Waals surface area contributed by atoms with Gasteiger partial charge in [0.15, 0.2) is 11.5 Å². The van der Waals surface area contributed by atoms with Crippen LogP contribution in [0.4, 0.5) is 5.69 Å². The third kappa shape index (κ3) is 5.76. The summed E-state index contributed by atoms with van der Waals surface area (Å²) in [6, 6.07) is 5.02. The van der Waals surface area contributed by atoms with Crippen LogP contribution in [-0.2, 0) is 9.59 Å². The number of hydrogen-bond donors (Lipinski definition) is 2. The zero-order chi connectivity index (χ0) is 17.2.